The first-order chi connectivity index (χ1) is 17.1. The van der Waals surface area contributed by atoms with E-state index in [4.69, 9.17) is 4.74 Å². The standard InChI is InChI=1S/C27H37N5O4/c1-17-10-14-31(5)27(35)24(17)20(4)25-19(3)22(16-21-8-7-12-29-32(21)25)26(34)28-13-9-23(33)30-18(2)11-15-36-6/h7-8,10-12,14,20-22H,9,13,15-16H2,1-6H3,(H,28,34)(H,30,33)/b18-11-/t20-,21-,22+/m0/s1. The third-order valence-corrected chi connectivity index (χ3v) is 6.80. The van der Waals surface area contributed by atoms with Crippen molar-refractivity contribution in [3.63, 3.8) is 0 Å². The topological polar surface area (TPSA) is 105 Å². The predicted molar refractivity (Wildman–Crippen MR) is 140 cm³/mol. The molecule has 1 aromatic heterocycles. The maximum atomic E-state index is 13.3. The average molecular weight is 496 g/mol. The van der Waals surface area contributed by atoms with Gasteiger partial charge in [-0.15, -0.1) is 0 Å². The summed E-state index contributed by atoms with van der Waals surface area (Å²) >= 11 is 0. The summed E-state index contributed by atoms with van der Waals surface area (Å²) in [6, 6.07) is 1.85. The molecule has 0 spiro atoms. The molecule has 9 nitrogen and oxygen atoms in total. The van der Waals surface area contributed by atoms with E-state index in [1.165, 1.54) is 0 Å². The highest BCUT2D eigenvalue weighted by Gasteiger charge is 2.39. The molecule has 2 N–H and O–H groups in total. The summed E-state index contributed by atoms with van der Waals surface area (Å²) in [5.41, 5.74) is 4.03. The lowest BCUT2D eigenvalue weighted by Crippen LogP contribution is -2.45. The molecule has 3 rings (SSSR count). The molecular formula is C27H37N5O4. The van der Waals surface area contributed by atoms with Crippen LogP contribution in [0.25, 0.3) is 0 Å². The fourth-order valence-corrected chi connectivity index (χ4v) is 4.86. The van der Waals surface area contributed by atoms with Crippen molar-refractivity contribution in [1.82, 2.24) is 20.2 Å². The second kappa shape index (κ2) is 12.0. The normalized spacial score (nSPS) is 20.3. The van der Waals surface area contributed by atoms with Crippen LogP contribution in [0.4, 0.5) is 0 Å². The first-order valence-corrected chi connectivity index (χ1v) is 12.3. The maximum absolute atomic E-state index is 13.3. The van der Waals surface area contributed by atoms with Gasteiger partial charge in [-0.3, -0.25) is 19.4 Å². The molecule has 0 aromatic carbocycles. The average Bonchev–Trinajstić information content (AvgIpc) is 2.84. The number of aromatic nitrogens is 1. The van der Waals surface area contributed by atoms with Gasteiger partial charge in [0.15, 0.2) is 0 Å². The number of pyridine rings is 1. The van der Waals surface area contributed by atoms with Crippen LogP contribution in [0.1, 0.15) is 50.7 Å². The third-order valence-electron chi connectivity index (χ3n) is 6.80. The van der Waals surface area contributed by atoms with Gasteiger partial charge in [-0.2, -0.15) is 5.10 Å². The van der Waals surface area contributed by atoms with Gasteiger partial charge in [0.25, 0.3) is 5.56 Å². The highest BCUT2D eigenvalue weighted by atomic mass is 16.5. The quantitative estimate of drug-likeness (QED) is 0.548. The molecule has 0 unspecified atom stereocenters. The highest BCUT2D eigenvalue weighted by molar-refractivity contribution is 5.83. The highest BCUT2D eigenvalue weighted by Crippen LogP contribution is 2.40. The van der Waals surface area contributed by atoms with E-state index in [1.807, 2.05) is 44.0 Å². The Morgan fingerprint density at radius 1 is 1.33 bits per heavy atom. The van der Waals surface area contributed by atoms with E-state index >= 15 is 0 Å². The Morgan fingerprint density at radius 3 is 2.81 bits per heavy atom. The zero-order valence-electron chi connectivity index (χ0n) is 22.0. The van der Waals surface area contributed by atoms with Crippen LogP contribution in [0.2, 0.25) is 0 Å². The number of amides is 2. The SMILES string of the molecule is COC/C=C(/C)NC(=O)CCNC(=O)[C@@H]1C[C@@H]2C=CC=NN2C([C@@H](C)c2c(C)ccn(C)c2=O)=C1C. The molecular weight excluding hydrogens is 458 g/mol. The molecule has 0 fully saturated rings. The van der Waals surface area contributed by atoms with Crippen molar-refractivity contribution in [3.05, 3.63) is 68.9 Å². The summed E-state index contributed by atoms with van der Waals surface area (Å²) in [6.07, 6.45) is 9.93. The molecule has 0 radical (unpaired) electrons. The molecule has 0 saturated heterocycles. The summed E-state index contributed by atoms with van der Waals surface area (Å²) in [5.74, 6) is -0.936. The summed E-state index contributed by atoms with van der Waals surface area (Å²) < 4.78 is 6.55. The Balaban J connectivity index is 1.80. The summed E-state index contributed by atoms with van der Waals surface area (Å²) in [7, 11) is 3.33. The molecule has 0 aliphatic carbocycles. The number of rotatable bonds is 9. The number of hydrogen-bond acceptors (Lipinski definition) is 6. The van der Waals surface area contributed by atoms with Gasteiger partial charge in [0.2, 0.25) is 11.8 Å². The first kappa shape index (κ1) is 27.1. The predicted octanol–water partition coefficient (Wildman–Crippen LogP) is 2.49. The third kappa shape index (κ3) is 6.02. The van der Waals surface area contributed by atoms with E-state index in [1.54, 1.807) is 44.1 Å². The van der Waals surface area contributed by atoms with Crippen LogP contribution < -0.4 is 16.2 Å². The summed E-state index contributed by atoms with van der Waals surface area (Å²) in [6.45, 7) is 8.32. The minimum absolute atomic E-state index is 0.0525. The van der Waals surface area contributed by atoms with Crippen molar-refractivity contribution in [1.29, 1.82) is 0 Å². The molecule has 2 aliphatic heterocycles. The van der Waals surface area contributed by atoms with Crippen molar-refractivity contribution in [2.45, 2.75) is 52.5 Å². The van der Waals surface area contributed by atoms with E-state index in [-0.39, 0.29) is 48.2 Å². The number of carbonyl (C=O) groups is 2. The molecule has 2 aliphatic rings. The minimum Gasteiger partial charge on any atom is -0.381 e. The monoisotopic (exact) mass is 495 g/mol. The largest absolute Gasteiger partial charge is 0.381 e. The van der Waals surface area contributed by atoms with Crippen LogP contribution in [-0.4, -0.2) is 53.9 Å². The Hall–Kier alpha value is -3.46. The number of nitrogens with zero attached hydrogens (tertiary/aromatic N) is 3. The number of fused-ring (bicyclic) bond motifs is 1. The Bertz CT molecular complexity index is 1180. The zero-order chi connectivity index (χ0) is 26.4. The number of methoxy groups -OCH3 is 1. The van der Waals surface area contributed by atoms with Crippen LogP contribution in [0.5, 0.6) is 0 Å². The molecule has 3 heterocycles. The van der Waals surface area contributed by atoms with Gasteiger partial charge in [-0.25, -0.2) is 0 Å². The first-order valence-electron chi connectivity index (χ1n) is 12.3. The smallest absolute Gasteiger partial charge is 0.254 e. The number of hydrogen-bond donors (Lipinski definition) is 2. The van der Waals surface area contributed by atoms with Gasteiger partial charge in [0.05, 0.1) is 18.6 Å². The summed E-state index contributed by atoms with van der Waals surface area (Å²) in [5, 5.41) is 12.3. The summed E-state index contributed by atoms with van der Waals surface area (Å²) in [4.78, 5) is 38.5. The van der Waals surface area contributed by atoms with Crippen molar-refractivity contribution in [3.8, 4) is 0 Å². The lowest BCUT2D eigenvalue weighted by molar-refractivity contribution is -0.125. The van der Waals surface area contributed by atoms with Gasteiger partial charge in [-0.05, 0) is 56.5 Å². The molecule has 0 bridgehead atoms. The molecule has 3 atom stereocenters. The fraction of sp³-hybridized carbons (Fsp3) is 0.481. The van der Waals surface area contributed by atoms with Crippen LogP contribution >= 0.6 is 0 Å². The van der Waals surface area contributed by atoms with E-state index < -0.39 is 0 Å². The fourth-order valence-electron chi connectivity index (χ4n) is 4.86. The molecule has 194 valence electrons. The number of allylic oxidation sites excluding steroid dienone is 3. The van der Waals surface area contributed by atoms with Crippen molar-refractivity contribution in [2.75, 3.05) is 20.3 Å². The van der Waals surface area contributed by atoms with E-state index in [2.05, 4.69) is 15.7 Å². The van der Waals surface area contributed by atoms with E-state index in [0.29, 0.717) is 24.3 Å². The molecule has 36 heavy (non-hydrogen) atoms. The Kier molecular flexibility index (Phi) is 9.03. The van der Waals surface area contributed by atoms with Gasteiger partial charge >= 0.3 is 0 Å². The zero-order valence-corrected chi connectivity index (χ0v) is 22.0. The lowest BCUT2D eigenvalue weighted by atomic mass is 9.80. The van der Waals surface area contributed by atoms with Crippen molar-refractivity contribution >= 4 is 18.0 Å². The van der Waals surface area contributed by atoms with Crippen LogP contribution in [0, 0.1) is 12.8 Å². The second-order valence-corrected chi connectivity index (χ2v) is 9.40. The molecule has 2 amide bonds. The van der Waals surface area contributed by atoms with Gasteiger partial charge < -0.3 is 19.9 Å². The van der Waals surface area contributed by atoms with Crippen molar-refractivity contribution < 1.29 is 14.3 Å². The number of nitrogens with one attached hydrogen (secondary N) is 2. The molecule has 9 heteroatoms. The molecule has 1 aromatic rings. The maximum Gasteiger partial charge on any atom is 0.254 e. The van der Waals surface area contributed by atoms with Gasteiger partial charge in [-0.1, -0.05) is 13.0 Å². The molecule has 0 saturated carbocycles. The Morgan fingerprint density at radius 2 is 2.08 bits per heavy atom. The van der Waals surface area contributed by atoms with Crippen LogP contribution in [-0.2, 0) is 21.4 Å². The number of aryl methyl sites for hydroxylation is 2. The number of ether oxygens (including phenoxy) is 1. The van der Waals surface area contributed by atoms with Crippen LogP contribution in [0.15, 0.2) is 57.4 Å². The number of hydrazone groups is 1. The minimum atomic E-state index is -0.388. The van der Waals surface area contributed by atoms with Gasteiger partial charge in [0, 0.05) is 62.4 Å². The Labute approximate surface area is 212 Å². The van der Waals surface area contributed by atoms with Crippen LogP contribution in [0.3, 0.4) is 0 Å². The lowest BCUT2D eigenvalue weighted by Gasteiger charge is -2.41. The van der Waals surface area contributed by atoms with E-state index in [0.717, 1.165) is 16.8 Å². The van der Waals surface area contributed by atoms with Crippen molar-refractivity contribution in [2.24, 2.45) is 18.1 Å². The number of carbonyl (C=O) groups excluding carboxylic acids is 2. The second-order valence-electron chi connectivity index (χ2n) is 9.40. The van der Waals surface area contributed by atoms with E-state index in [9.17, 15) is 14.4 Å². The van der Waals surface area contributed by atoms with Gasteiger partial charge in [0.1, 0.15) is 0 Å².